The van der Waals surface area contributed by atoms with Gasteiger partial charge >= 0.3 is 6.36 Å². The standard InChI is InChI=1S/C42H44F3N5O10S/c1-23-16-34(48-60-23)37(52)46-32-9-7-5-3-4-6-8-24-20-41(24,40(54)49-61(55,56)28-12-13-28)21-36(51)35-19-27(22-50(35)39(32)53)58-38-31-17-25(57-2)10-14-29(31)30-15-11-26(18-33(30)47-38)59-42(43,44)45/h6,8,10-11,14-18,24,27-28,32,35H,3-5,7,9,12-13,19-22H2,1-2H3,(H,46,52)(H,49,54)/b8-6-/t24-,27-,32+,35+,41-/m1/s1. The summed E-state index contributed by atoms with van der Waals surface area (Å²) in [7, 11) is -2.48. The third kappa shape index (κ3) is 9.02. The van der Waals surface area contributed by atoms with Crippen molar-refractivity contribution in [3.8, 4) is 17.4 Å². The number of hydrogen-bond acceptors (Lipinski definition) is 12. The third-order valence-electron chi connectivity index (χ3n) is 11.8. The molecule has 0 unspecified atom stereocenters. The molecule has 19 heteroatoms. The number of ketones is 1. The SMILES string of the molecule is COc1ccc2c(c1)c(O[C@@H]1C[C@H]3C(=O)C[C@]4(C(=O)NS(=O)(=O)C5CC5)C[C@H]4/C=C\CCCCC[C@H](NC(=O)c4cc(C)on4)C(=O)N3C1)nc1cc(OC(F)(F)F)ccc12. The number of carbonyl (C=O) groups excluding carboxylic acids is 4. The molecule has 0 spiro atoms. The van der Waals surface area contributed by atoms with E-state index in [0.717, 1.165) is 12.5 Å². The molecule has 2 aliphatic heterocycles. The maximum absolute atomic E-state index is 14.7. The zero-order chi connectivity index (χ0) is 43.3. The van der Waals surface area contributed by atoms with Gasteiger partial charge in [-0.2, -0.15) is 0 Å². The highest BCUT2D eigenvalue weighted by Crippen LogP contribution is 2.57. The van der Waals surface area contributed by atoms with Crippen molar-refractivity contribution in [2.24, 2.45) is 11.3 Å². The number of nitrogens with zero attached hydrogens (tertiary/aromatic N) is 3. The van der Waals surface area contributed by atoms with E-state index in [4.69, 9.17) is 14.0 Å². The van der Waals surface area contributed by atoms with Crippen LogP contribution in [0.3, 0.4) is 0 Å². The Kier molecular flexibility index (Phi) is 11.2. The van der Waals surface area contributed by atoms with Crippen LogP contribution in [0.25, 0.3) is 21.7 Å². The lowest BCUT2D eigenvalue weighted by Crippen LogP contribution is -2.52. The highest BCUT2D eigenvalue weighted by atomic mass is 32.2. The van der Waals surface area contributed by atoms with E-state index in [-0.39, 0.29) is 49.3 Å². The van der Waals surface area contributed by atoms with Crippen LogP contribution in [0.15, 0.2) is 59.1 Å². The summed E-state index contributed by atoms with van der Waals surface area (Å²) in [6.07, 6.45) is 1.38. The summed E-state index contributed by atoms with van der Waals surface area (Å²) >= 11 is 0. The Morgan fingerprint density at radius 1 is 0.984 bits per heavy atom. The van der Waals surface area contributed by atoms with Crippen molar-refractivity contribution in [1.82, 2.24) is 25.1 Å². The summed E-state index contributed by atoms with van der Waals surface area (Å²) < 4.78 is 89.0. The highest BCUT2D eigenvalue weighted by Gasteiger charge is 2.61. The summed E-state index contributed by atoms with van der Waals surface area (Å²) in [6, 6.07) is 7.92. The van der Waals surface area contributed by atoms with E-state index in [1.807, 2.05) is 12.2 Å². The number of fused-ring (bicyclic) bond motifs is 5. The zero-order valence-corrected chi connectivity index (χ0v) is 34.1. The molecule has 8 rings (SSSR count). The second kappa shape index (κ2) is 16.3. The first kappa shape index (κ1) is 42.0. The zero-order valence-electron chi connectivity index (χ0n) is 33.3. The number of carbonyl (C=O) groups is 4. The number of ether oxygens (including phenoxy) is 3. The van der Waals surface area contributed by atoms with Crippen molar-refractivity contribution in [2.45, 2.75) is 101 Å². The number of hydrogen-bond donors (Lipinski definition) is 2. The normalized spacial score (nSPS) is 25.5. The number of benzene rings is 2. The molecule has 4 aromatic rings. The van der Waals surface area contributed by atoms with E-state index in [2.05, 4.69) is 24.9 Å². The number of Topliss-reactive ketones (excluding diaryl/α,β-unsaturated/α-hetero) is 1. The fraction of sp³-hybridized carbons (Fsp3) is 0.476. The number of allylic oxidation sites excluding steroid dienone is 2. The van der Waals surface area contributed by atoms with E-state index < -0.39 is 80.4 Å². The molecule has 1 saturated heterocycles. The van der Waals surface area contributed by atoms with E-state index in [0.29, 0.717) is 59.8 Å². The first-order chi connectivity index (χ1) is 29.0. The Morgan fingerprint density at radius 3 is 2.48 bits per heavy atom. The quantitative estimate of drug-likeness (QED) is 0.151. The average Bonchev–Trinajstić information content (AvgIpc) is 4.10. The van der Waals surface area contributed by atoms with E-state index >= 15 is 0 Å². The van der Waals surface area contributed by atoms with Gasteiger partial charge in [0.05, 0.1) is 35.9 Å². The molecule has 2 aliphatic carbocycles. The number of halogens is 3. The average molecular weight is 868 g/mol. The van der Waals surface area contributed by atoms with Gasteiger partial charge in [0.25, 0.3) is 5.91 Å². The fourth-order valence-electron chi connectivity index (χ4n) is 8.40. The van der Waals surface area contributed by atoms with E-state index in [1.54, 1.807) is 25.1 Å². The summed E-state index contributed by atoms with van der Waals surface area (Å²) in [5, 5.41) is 7.38. The monoisotopic (exact) mass is 867 g/mol. The summed E-state index contributed by atoms with van der Waals surface area (Å²) in [5.41, 5.74) is -1.30. The van der Waals surface area contributed by atoms with Gasteiger partial charge in [0.1, 0.15) is 29.4 Å². The van der Waals surface area contributed by atoms with Crippen molar-refractivity contribution < 1.29 is 59.5 Å². The molecule has 2 aromatic carbocycles. The van der Waals surface area contributed by atoms with Crippen molar-refractivity contribution in [3.63, 3.8) is 0 Å². The maximum atomic E-state index is 14.7. The van der Waals surface area contributed by atoms with Crippen LogP contribution < -0.4 is 24.2 Å². The maximum Gasteiger partial charge on any atom is 0.573 e. The van der Waals surface area contributed by atoms with Crippen molar-refractivity contribution in [1.29, 1.82) is 0 Å². The lowest BCUT2D eigenvalue weighted by molar-refractivity contribution is -0.274. The number of methoxy groups -OCH3 is 1. The molecule has 15 nitrogen and oxygen atoms in total. The number of nitrogens with one attached hydrogen (secondary N) is 2. The molecule has 61 heavy (non-hydrogen) atoms. The van der Waals surface area contributed by atoms with Gasteiger partial charge in [-0.3, -0.25) is 23.9 Å². The largest absolute Gasteiger partial charge is 0.573 e. The van der Waals surface area contributed by atoms with Gasteiger partial charge in [-0.25, -0.2) is 13.4 Å². The molecule has 5 atom stereocenters. The number of aromatic nitrogens is 2. The lowest BCUT2D eigenvalue weighted by atomic mass is 9.91. The van der Waals surface area contributed by atoms with Gasteiger partial charge in [-0.1, -0.05) is 30.2 Å². The molecule has 3 fully saturated rings. The predicted octanol–water partition coefficient (Wildman–Crippen LogP) is 5.83. The Bertz CT molecular complexity index is 2540. The van der Waals surface area contributed by atoms with Gasteiger partial charge < -0.3 is 29.0 Å². The summed E-state index contributed by atoms with van der Waals surface area (Å²) in [4.78, 5) is 62.6. The molecule has 324 valence electrons. The molecular formula is C42H44F3N5O10S. The Morgan fingerprint density at radius 2 is 1.75 bits per heavy atom. The van der Waals surface area contributed by atoms with Gasteiger partial charge in [0, 0.05) is 35.7 Å². The number of sulfonamides is 1. The van der Waals surface area contributed by atoms with Crippen LogP contribution >= 0.6 is 0 Å². The van der Waals surface area contributed by atoms with Gasteiger partial charge in [-0.15, -0.1) is 13.2 Å². The van der Waals surface area contributed by atoms with Gasteiger partial charge in [0.15, 0.2) is 11.5 Å². The summed E-state index contributed by atoms with van der Waals surface area (Å²) in [5.74, 6) is -2.63. The van der Waals surface area contributed by atoms with Crippen LogP contribution in [0.2, 0.25) is 0 Å². The molecule has 0 radical (unpaired) electrons. The molecule has 4 aliphatic rings. The second-order valence-electron chi connectivity index (χ2n) is 16.2. The summed E-state index contributed by atoms with van der Waals surface area (Å²) in [6.45, 7) is 1.44. The van der Waals surface area contributed by atoms with Gasteiger partial charge in [0.2, 0.25) is 27.7 Å². The molecule has 2 saturated carbocycles. The van der Waals surface area contributed by atoms with Gasteiger partial charge in [-0.05, 0) is 87.1 Å². The van der Waals surface area contributed by atoms with Crippen molar-refractivity contribution >= 4 is 55.2 Å². The van der Waals surface area contributed by atoms with Crippen LogP contribution in [0.4, 0.5) is 13.2 Å². The Balaban J connectivity index is 1.15. The molecule has 2 aromatic heterocycles. The molecule has 2 N–H and O–H groups in total. The predicted molar refractivity (Wildman–Crippen MR) is 212 cm³/mol. The van der Waals surface area contributed by atoms with Crippen LogP contribution in [0, 0.1) is 18.3 Å². The number of amides is 3. The molecular weight excluding hydrogens is 824 g/mol. The molecule has 4 heterocycles. The minimum Gasteiger partial charge on any atom is -0.497 e. The molecule has 0 bridgehead atoms. The second-order valence-corrected chi connectivity index (χ2v) is 18.2. The van der Waals surface area contributed by atoms with Crippen LogP contribution in [0.1, 0.15) is 80.5 Å². The smallest absolute Gasteiger partial charge is 0.497 e. The van der Waals surface area contributed by atoms with Crippen LogP contribution in [-0.2, 0) is 24.4 Å². The lowest BCUT2D eigenvalue weighted by Gasteiger charge is -2.29. The van der Waals surface area contributed by atoms with E-state index in [9.17, 15) is 40.8 Å². The van der Waals surface area contributed by atoms with Crippen molar-refractivity contribution in [2.75, 3.05) is 13.7 Å². The van der Waals surface area contributed by atoms with E-state index in [1.165, 1.54) is 30.2 Å². The first-order valence-corrected chi connectivity index (χ1v) is 21.7. The third-order valence-corrected chi connectivity index (χ3v) is 13.7. The Hall–Kier alpha value is -5.72. The highest BCUT2D eigenvalue weighted by molar-refractivity contribution is 7.90. The number of aryl methyl sites for hydroxylation is 1. The first-order valence-electron chi connectivity index (χ1n) is 20.2. The minimum absolute atomic E-state index is 0.0158. The Labute approximate surface area is 348 Å². The molecule has 3 amide bonds. The topological polar surface area (TPSA) is 196 Å². The van der Waals surface area contributed by atoms with Crippen molar-refractivity contribution in [3.05, 3.63) is 66.1 Å². The van der Waals surface area contributed by atoms with Crippen LogP contribution in [-0.4, -0.2) is 90.4 Å². The number of alkyl halides is 3. The minimum atomic E-state index is -4.96. The number of pyridine rings is 1. The number of rotatable bonds is 9. The van der Waals surface area contributed by atoms with Crippen LogP contribution in [0.5, 0.6) is 17.4 Å². The fourth-order valence-corrected chi connectivity index (χ4v) is 9.79.